The van der Waals surface area contributed by atoms with E-state index in [1.54, 1.807) is 24.0 Å². The van der Waals surface area contributed by atoms with Crippen LogP contribution in [0.5, 0.6) is 11.6 Å². The van der Waals surface area contributed by atoms with Crippen LogP contribution in [0.3, 0.4) is 0 Å². The number of hydrogen-bond donors (Lipinski definition) is 1. The SMILES string of the molecule is CCOc1ccc([C@@H](c2sc3nc(C)nn3c2O)N2CCN(C(=O)c3ccco3)CC2)cc1. The summed E-state index contributed by atoms with van der Waals surface area (Å²) in [5.74, 6) is 1.77. The molecule has 172 valence electrons. The maximum absolute atomic E-state index is 12.7. The van der Waals surface area contributed by atoms with Crippen molar-refractivity contribution in [3.63, 3.8) is 0 Å². The van der Waals surface area contributed by atoms with Crippen molar-refractivity contribution >= 4 is 22.2 Å². The van der Waals surface area contributed by atoms with Crippen LogP contribution in [-0.2, 0) is 0 Å². The molecule has 3 aromatic heterocycles. The van der Waals surface area contributed by atoms with E-state index in [9.17, 15) is 9.90 Å². The van der Waals surface area contributed by atoms with Gasteiger partial charge in [0.15, 0.2) is 5.76 Å². The van der Waals surface area contributed by atoms with Crippen molar-refractivity contribution in [1.82, 2.24) is 24.4 Å². The molecule has 1 aliphatic heterocycles. The Hall–Kier alpha value is -3.37. The molecule has 1 atom stereocenters. The first-order valence-corrected chi connectivity index (χ1v) is 11.7. The average Bonchev–Trinajstić information content (AvgIpc) is 3.55. The van der Waals surface area contributed by atoms with Crippen molar-refractivity contribution in [1.29, 1.82) is 0 Å². The molecular weight excluding hydrogens is 442 g/mol. The Labute approximate surface area is 194 Å². The molecule has 1 saturated heterocycles. The van der Waals surface area contributed by atoms with Gasteiger partial charge in [-0.15, -0.1) is 5.10 Å². The smallest absolute Gasteiger partial charge is 0.289 e. The Kier molecular flexibility index (Phi) is 5.77. The Morgan fingerprint density at radius 3 is 2.61 bits per heavy atom. The summed E-state index contributed by atoms with van der Waals surface area (Å²) in [5.41, 5.74) is 1.03. The number of furan rings is 1. The second-order valence-electron chi connectivity index (χ2n) is 7.85. The predicted octanol–water partition coefficient (Wildman–Crippen LogP) is 3.34. The van der Waals surface area contributed by atoms with Gasteiger partial charge in [0.1, 0.15) is 11.6 Å². The fraction of sp³-hybridized carbons (Fsp3) is 0.348. The summed E-state index contributed by atoms with van der Waals surface area (Å²) < 4.78 is 12.4. The third-order valence-corrected chi connectivity index (χ3v) is 6.83. The van der Waals surface area contributed by atoms with Gasteiger partial charge in [-0.05, 0) is 43.7 Å². The van der Waals surface area contributed by atoms with Gasteiger partial charge in [-0.25, -0.2) is 4.98 Å². The minimum Gasteiger partial charge on any atom is -0.494 e. The molecule has 0 radical (unpaired) electrons. The molecule has 33 heavy (non-hydrogen) atoms. The van der Waals surface area contributed by atoms with Crippen molar-refractivity contribution in [2.24, 2.45) is 0 Å². The number of carbonyl (C=O) groups is 1. The lowest BCUT2D eigenvalue weighted by molar-refractivity contribution is 0.0568. The first kappa shape index (κ1) is 21.5. The monoisotopic (exact) mass is 467 g/mol. The van der Waals surface area contributed by atoms with E-state index >= 15 is 0 Å². The molecule has 4 heterocycles. The Morgan fingerprint density at radius 1 is 1.21 bits per heavy atom. The normalized spacial score (nSPS) is 15.8. The molecule has 0 bridgehead atoms. The lowest BCUT2D eigenvalue weighted by Crippen LogP contribution is -2.49. The van der Waals surface area contributed by atoms with E-state index in [0.717, 1.165) is 16.2 Å². The Bertz CT molecular complexity index is 1240. The third-order valence-electron chi connectivity index (χ3n) is 5.76. The summed E-state index contributed by atoms with van der Waals surface area (Å²) in [4.78, 5) is 22.6. The van der Waals surface area contributed by atoms with Gasteiger partial charge in [0.25, 0.3) is 5.91 Å². The van der Waals surface area contributed by atoms with Gasteiger partial charge >= 0.3 is 0 Å². The zero-order valence-corrected chi connectivity index (χ0v) is 19.3. The number of aryl methyl sites for hydroxylation is 1. The minimum absolute atomic E-state index is 0.101. The molecule has 0 aliphatic carbocycles. The zero-order valence-electron chi connectivity index (χ0n) is 18.5. The Morgan fingerprint density at radius 2 is 1.97 bits per heavy atom. The molecule has 5 rings (SSSR count). The maximum atomic E-state index is 12.7. The number of aromatic nitrogens is 3. The van der Waals surface area contributed by atoms with Crippen molar-refractivity contribution in [2.75, 3.05) is 32.8 Å². The molecule has 9 nitrogen and oxygen atoms in total. The number of thiazole rings is 1. The highest BCUT2D eigenvalue weighted by Crippen LogP contribution is 2.40. The van der Waals surface area contributed by atoms with Crippen molar-refractivity contribution < 1.29 is 19.1 Å². The van der Waals surface area contributed by atoms with E-state index < -0.39 is 0 Å². The first-order valence-electron chi connectivity index (χ1n) is 10.9. The molecule has 0 spiro atoms. The molecule has 1 aromatic carbocycles. The van der Waals surface area contributed by atoms with Gasteiger partial charge < -0.3 is 19.2 Å². The second kappa shape index (κ2) is 8.87. The van der Waals surface area contributed by atoms with Gasteiger partial charge in [-0.1, -0.05) is 23.5 Å². The summed E-state index contributed by atoms with van der Waals surface area (Å²) in [6.07, 6.45) is 1.51. The molecule has 1 aliphatic rings. The molecule has 0 unspecified atom stereocenters. The molecule has 10 heteroatoms. The van der Waals surface area contributed by atoms with Gasteiger partial charge in [0.05, 0.1) is 23.8 Å². The first-order chi connectivity index (χ1) is 16.0. The highest BCUT2D eigenvalue weighted by Gasteiger charge is 2.33. The topological polar surface area (TPSA) is 96.3 Å². The number of rotatable bonds is 6. The number of carbonyl (C=O) groups excluding carboxylic acids is 1. The van der Waals surface area contributed by atoms with Crippen LogP contribution in [0.15, 0.2) is 47.1 Å². The number of aromatic hydroxyl groups is 1. The number of piperazine rings is 1. The zero-order chi connectivity index (χ0) is 22.9. The van der Waals surface area contributed by atoms with Gasteiger partial charge in [-0.3, -0.25) is 9.69 Å². The van der Waals surface area contributed by atoms with Crippen LogP contribution in [-0.4, -0.2) is 68.2 Å². The highest BCUT2D eigenvalue weighted by molar-refractivity contribution is 7.17. The van der Waals surface area contributed by atoms with E-state index in [1.807, 2.05) is 31.2 Å². The number of ether oxygens (including phenoxy) is 1. The number of nitrogens with zero attached hydrogens (tertiary/aromatic N) is 5. The lowest BCUT2D eigenvalue weighted by Gasteiger charge is -2.38. The number of amides is 1. The van der Waals surface area contributed by atoms with Crippen LogP contribution in [0.2, 0.25) is 0 Å². The third kappa shape index (κ3) is 4.07. The molecule has 1 amide bonds. The van der Waals surface area contributed by atoms with Crippen LogP contribution in [0.1, 0.15) is 39.8 Å². The van der Waals surface area contributed by atoms with E-state index in [2.05, 4.69) is 15.0 Å². The molecule has 0 saturated carbocycles. The second-order valence-corrected chi connectivity index (χ2v) is 8.86. The van der Waals surface area contributed by atoms with Crippen molar-refractivity contribution in [3.05, 3.63) is 64.7 Å². The summed E-state index contributed by atoms with van der Waals surface area (Å²) in [7, 11) is 0. The summed E-state index contributed by atoms with van der Waals surface area (Å²) in [5, 5.41) is 15.3. The van der Waals surface area contributed by atoms with Crippen LogP contribution >= 0.6 is 11.3 Å². The average molecular weight is 468 g/mol. The number of benzene rings is 1. The van der Waals surface area contributed by atoms with E-state index in [4.69, 9.17) is 9.15 Å². The van der Waals surface area contributed by atoms with Crippen LogP contribution in [0.4, 0.5) is 0 Å². The van der Waals surface area contributed by atoms with Crippen LogP contribution < -0.4 is 4.74 Å². The van der Waals surface area contributed by atoms with Gasteiger partial charge in [0.2, 0.25) is 10.8 Å². The quantitative estimate of drug-likeness (QED) is 0.465. The summed E-state index contributed by atoms with van der Waals surface area (Å²) in [6, 6.07) is 11.1. The molecular formula is C23H25N5O4S. The van der Waals surface area contributed by atoms with Gasteiger partial charge in [0, 0.05) is 26.2 Å². The largest absolute Gasteiger partial charge is 0.494 e. The fourth-order valence-corrected chi connectivity index (χ4v) is 5.37. The Balaban J connectivity index is 1.44. The van der Waals surface area contributed by atoms with Crippen molar-refractivity contribution in [2.45, 2.75) is 19.9 Å². The molecule has 1 N–H and O–H groups in total. The standard InChI is InChI=1S/C23H25N5O4S/c1-3-31-17-8-6-16(7-9-17)19(20-22(30)28-23(33-20)24-15(2)25-28)26-10-12-27(13-11-26)21(29)18-5-4-14-32-18/h4-9,14,19,30H,3,10-13H2,1-2H3/t19-/m0/s1. The lowest BCUT2D eigenvalue weighted by atomic mass is 10.0. The molecule has 4 aromatic rings. The minimum atomic E-state index is -0.199. The van der Waals surface area contributed by atoms with Crippen LogP contribution in [0.25, 0.3) is 4.96 Å². The van der Waals surface area contributed by atoms with Gasteiger partial charge in [-0.2, -0.15) is 4.52 Å². The number of hydrogen-bond acceptors (Lipinski definition) is 8. The van der Waals surface area contributed by atoms with E-state index in [0.29, 0.717) is 49.3 Å². The molecule has 1 fully saturated rings. The van der Waals surface area contributed by atoms with Crippen LogP contribution in [0, 0.1) is 6.92 Å². The summed E-state index contributed by atoms with van der Waals surface area (Å²) in [6.45, 7) is 6.78. The summed E-state index contributed by atoms with van der Waals surface area (Å²) >= 11 is 1.43. The van der Waals surface area contributed by atoms with E-state index in [-0.39, 0.29) is 17.8 Å². The maximum Gasteiger partial charge on any atom is 0.289 e. The number of fused-ring (bicyclic) bond motifs is 1. The highest BCUT2D eigenvalue weighted by atomic mass is 32.1. The predicted molar refractivity (Wildman–Crippen MR) is 123 cm³/mol. The fourth-order valence-electron chi connectivity index (χ4n) is 4.21. The van der Waals surface area contributed by atoms with Crippen molar-refractivity contribution in [3.8, 4) is 11.6 Å². The van der Waals surface area contributed by atoms with E-state index in [1.165, 1.54) is 22.1 Å².